The van der Waals surface area contributed by atoms with Gasteiger partial charge in [-0.05, 0) is 62.1 Å². The Labute approximate surface area is 127 Å². The van der Waals surface area contributed by atoms with E-state index in [1.165, 1.54) is 11.1 Å². The standard InChI is InChI=1S/C19H24O2/c1-11-7-15(8-12(2)17(11)20)19(5,6)16-9-13(3)18(21)14(4)10-16/h7-10,20-21H,1-6H3/p+1. The van der Waals surface area contributed by atoms with Crippen LogP contribution < -0.4 is 0 Å². The Bertz CT molecular complexity index is 591. The average Bonchev–Trinajstić information content (AvgIpc) is 2.40. The van der Waals surface area contributed by atoms with Crippen molar-refractivity contribution in [3.63, 3.8) is 0 Å². The highest BCUT2D eigenvalue weighted by atomic mass is 16.3. The van der Waals surface area contributed by atoms with Gasteiger partial charge in [0.1, 0.15) is 5.75 Å². The van der Waals surface area contributed by atoms with E-state index in [4.69, 9.17) is 5.11 Å². The lowest BCUT2D eigenvalue weighted by Gasteiger charge is -2.28. The lowest BCUT2D eigenvalue weighted by Crippen LogP contribution is -2.19. The zero-order valence-corrected chi connectivity index (χ0v) is 13.8. The zero-order valence-electron chi connectivity index (χ0n) is 13.8. The minimum absolute atomic E-state index is 0.160. The summed E-state index contributed by atoms with van der Waals surface area (Å²) in [7, 11) is 0. The molecule has 0 bridgehead atoms. The molecule has 0 fully saturated rings. The SMILES string of the molecule is Cc1cc(C(C)(C)c2cc(C)c([OH2+])c(C)c2)cc(C)c1O. The van der Waals surface area contributed by atoms with E-state index in [9.17, 15) is 5.11 Å². The zero-order chi connectivity index (χ0) is 15.9. The predicted molar refractivity (Wildman–Crippen MR) is 88.7 cm³/mol. The fourth-order valence-corrected chi connectivity index (χ4v) is 2.81. The molecule has 0 unspecified atom stereocenters. The third-order valence-corrected chi connectivity index (χ3v) is 4.47. The topological polar surface area (TPSA) is 43.1 Å². The van der Waals surface area contributed by atoms with Crippen LogP contribution in [0.3, 0.4) is 0 Å². The quantitative estimate of drug-likeness (QED) is 0.817. The number of hydrogen-bond acceptors (Lipinski definition) is 1. The summed E-state index contributed by atoms with van der Waals surface area (Å²) in [6.45, 7) is 12.2. The van der Waals surface area contributed by atoms with Gasteiger partial charge in [-0.25, -0.2) is 0 Å². The number of phenols is 1. The van der Waals surface area contributed by atoms with Crippen LogP contribution in [-0.2, 0) is 5.41 Å². The molecular weight excluding hydrogens is 260 g/mol. The van der Waals surface area contributed by atoms with Crippen molar-refractivity contribution in [1.29, 1.82) is 0 Å². The molecule has 0 heterocycles. The van der Waals surface area contributed by atoms with E-state index in [-0.39, 0.29) is 5.41 Å². The van der Waals surface area contributed by atoms with Crippen molar-refractivity contribution in [2.24, 2.45) is 0 Å². The summed E-state index contributed by atoms with van der Waals surface area (Å²) in [5, 5.41) is 18.0. The van der Waals surface area contributed by atoms with Gasteiger partial charge in [0, 0.05) is 16.5 Å². The first kappa shape index (κ1) is 15.4. The van der Waals surface area contributed by atoms with E-state index in [0.29, 0.717) is 11.5 Å². The van der Waals surface area contributed by atoms with Gasteiger partial charge >= 0.3 is 0 Å². The smallest absolute Gasteiger partial charge is 0.259 e. The monoisotopic (exact) mass is 285 g/mol. The van der Waals surface area contributed by atoms with Gasteiger partial charge in [0.05, 0.1) is 0 Å². The highest BCUT2D eigenvalue weighted by Crippen LogP contribution is 2.37. The van der Waals surface area contributed by atoms with Crippen LogP contribution in [-0.4, -0.2) is 10.2 Å². The Morgan fingerprint density at radius 2 is 1.10 bits per heavy atom. The van der Waals surface area contributed by atoms with Crippen LogP contribution in [0.15, 0.2) is 24.3 Å². The molecule has 2 aromatic rings. The molecule has 0 atom stereocenters. The van der Waals surface area contributed by atoms with Crippen molar-refractivity contribution >= 4 is 0 Å². The van der Waals surface area contributed by atoms with Crippen LogP contribution in [0.2, 0.25) is 0 Å². The van der Waals surface area contributed by atoms with E-state index < -0.39 is 0 Å². The summed E-state index contributed by atoms with van der Waals surface area (Å²) < 4.78 is 0. The fourth-order valence-electron chi connectivity index (χ4n) is 2.81. The second kappa shape index (κ2) is 5.10. The van der Waals surface area contributed by atoms with Crippen molar-refractivity contribution in [3.05, 3.63) is 57.6 Å². The number of aromatic hydroxyl groups is 1. The first-order valence-electron chi connectivity index (χ1n) is 7.28. The summed E-state index contributed by atoms with van der Waals surface area (Å²) in [4.78, 5) is 0. The van der Waals surface area contributed by atoms with Crippen LogP contribution in [0, 0.1) is 27.7 Å². The maximum Gasteiger partial charge on any atom is 0.259 e. The summed E-state index contributed by atoms with van der Waals surface area (Å²) in [6, 6.07) is 8.32. The Morgan fingerprint density at radius 1 is 0.762 bits per heavy atom. The highest BCUT2D eigenvalue weighted by molar-refractivity contribution is 5.51. The van der Waals surface area contributed by atoms with Gasteiger partial charge < -0.3 is 10.2 Å². The maximum atomic E-state index is 9.97. The normalized spacial score (nSPS) is 11.7. The van der Waals surface area contributed by atoms with Crippen LogP contribution in [0.1, 0.15) is 47.2 Å². The Hall–Kier alpha value is -1.96. The number of rotatable bonds is 2. The molecule has 21 heavy (non-hydrogen) atoms. The summed E-state index contributed by atoms with van der Waals surface area (Å²) in [5.41, 5.74) is 6.06. The Morgan fingerprint density at radius 3 is 1.48 bits per heavy atom. The first-order chi connectivity index (χ1) is 9.64. The first-order valence-corrected chi connectivity index (χ1v) is 7.28. The molecule has 0 radical (unpaired) electrons. The highest BCUT2D eigenvalue weighted by Gasteiger charge is 2.26. The molecule has 0 spiro atoms. The van der Waals surface area contributed by atoms with E-state index >= 15 is 0 Å². The summed E-state index contributed by atoms with van der Waals surface area (Å²) >= 11 is 0. The molecule has 2 heteroatoms. The van der Waals surface area contributed by atoms with Crippen LogP contribution >= 0.6 is 0 Å². The van der Waals surface area contributed by atoms with Crippen molar-refractivity contribution in [3.8, 4) is 11.5 Å². The lowest BCUT2D eigenvalue weighted by molar-refractivity contribution is 0.465. The second-order valence-electron chi connectivity index (χ2n) is 6.57. The molecule has 0 aliphatic heterocycles. The van der Waals surface area contributed by atoms with Gasteiger partial charge in [-0.1, -0.05) is 26.0 Å². The predicted octanol–water partition coefficient (Wildman–Crippen LogP) is 4.39. The van der Waals surface area contributed by atoms with Crippen LogP contribution in [0.5, 0.6) is 11.5 Å². The molecule has 0 saturated heterocycles. The molecule has 0 aliphatic rings. The van der Waals surface area contributed by atoms with Gasteiger partial charge in [-0.2, -0.15) is 0 Å². The van der Waals surface area contributed by atoms with Gasteiger partial charge in [-0.3, -0.25) is 0 Å². The van der Waals surface area contributed by atoms with E-state index in [0.717, 1.165) is 22.3 Å². The molecule has 2 rings (SSSR count). The molecule has 3 N–H and O–H groups in total. The number of aryl methyl sites for hydroxylation is 4. The third kappa shape index (κ3) is 2.63. The molecule has 2 nitrogen and oxygen atoms in total. The van der Waals surface area contributed by atoms with Gasteiger partial charge in [-0.15, -0.1) is 0 Å². The number of benzene rings is 2. The molecule has 0 saturated carbocycles. The van der Waals surface area contributed by atoms with Gasteiger partial charge in [0.25, 0.3) is 5.75 Å². The number of hydrogen-bond donors (Lipinski definition) is 1. The largest absolute Gasteiger partial charge is 0.593 e. The second-order valence-corrected chi connectivity index (χ2v) is 6.57. The molecule has 0 amide bonds. The Kier molecular flexibility index (Phi) is 3.75. The van der Waals surface area contributed by atoms with Crippen molar-refractivity contribution in [2.75, 3.05) is 0 Å². The van der Waals surface area contributed by atoms with Crippen LogP contribution in [0.4, 0.5) is 0 Å². The van der Waals surface area contributed by atoms with E-state index in [1.807, 2.05) is 27.7 Å². The minimum atomic E-state index is -0.160. The van der Waals surface area contributed by atoms with E-state index in [1.54, 1.807) is 0 Å². The summed E-state index contributed by atoms with van der Waals surface area (Å²) in [6.07, 6.45) is 0. The molecular formula is C19H25O2+. The summed E-state index contributed by atoms with van der Waals surface area (Å²) in [5.74, 6) is 0.996. The lowest BCUT2D eigenvalue weighted by atomic mass is 9.76. The molecule has 0 aliphatic carbocycles. The van der Waals surface area contributed by atoms with Crippen molar-refractivity contribution in [2.45, 2.75) is 47.0 Å². The molecule has 112 valence electrons. The van der Waals surface area contributed by atoms with Gasteiger partial charge in [0.15, 0.2) is 0 Å². The third-order valence-electron chi connectivity index (χ3n) is 4.47. The van der Waals surface area contributed by atoms with Crippen LogP contribution in [0.25, 0.3) is 0 Å². The molecule has 2 aromatic carbocycles. The molecule has 0 aromatic heterocycles. The van der Waals surface area contributed by atoms with Crippen molar-refractivity contribution in [1.82, 2.24) is 0 Å². The average molecular weight is 285 g/mol. The minimum Gasteiger partial charge on any atom is -0.593 e. The maximum absolute atomic E-state index is 9.97. The van der Waals surface area contributed by atoms with Crippen molar-refractivity contribution < 1.29 is 10.2 Å². The van der Waals surface area contributed by atoms with Gasteiger partial charge in [0.2, 0.25) is 0 Å². The fraction of sp³-hybridized carbons (Fsp3) is 0.368. The van der Waals surface area contributed by atoms with E-state index in [2.05, 4.69) is 38.1 Å². The Balaban J connectivity index is 2.61. The number of phenolic OH excluding ortho intramolecular Hbond substituents is 1.